The maximum atomic E-state index is 12.0. The van der Waals surface area contributed by atoms with Crippen LogP contribution in [0.5, 0.6) is 0 Å². The van der Waals surface area contributed by atoms with Crippen LogP contribution in [0.25, 0.3) is 0 Å². The van der Waals surface area contributed by atoms with Crippen LogP contribution in [0.15, 0.2) is 42.5 Å². The zero-order valence-electron chi connectivity index (χ0n) is 13.6. The summed E-state index contributed by atoms with van der Waals surface area (Å²) in [6, 6.07) is 12.3. The van der Waals surface area contributed by atoms with Crippen molar-refractivity contribution in [2.24, 2.45) is 0 Å². The lowest BCUT2D eigenvalue weighted by atomic mass is 10.2. The van der Waals surface area contributed by atoms with E-state index in [0.717, 1.165) is 11.3 Å². The Morgan fingerprint density at radius 3 is 2.62 bits per heavy atom. The van der Waals surface area contributed by atoms with Gasteiger partial charge in [-0.05, 0) is 42.8 Å². The summed E-state index contributed by atoms with van der Waals surface area (Å²) >= 11 is 6.03. The van der Waals surface area contributed by atoms with Crippen molar-refractivity contribution in [1.82, 2.24) is 0 Å². The lowest BCUT2D eigenvalue weighted by molar-refractivity contribution is -0.115. The van der Waals surface area contributed by atoms with E-state index in [4.69, 9.17) is 11.6 Å². The second-order valence-corrected chi connectivity index (χ2v) is 5.67. The molecule has 126 valence electrons. The van der Waals surface area contributed by atoms with E-state index in [1.54, 1.807) is 24.3 Å². The third kappa shape index (κ3) is 4.99. The van der Waals surface area contributed by atoms with Crippen molar-refractivity contribution < 1.29 is 14.3 Å². The molecule has 2 aromatic rings. The molecule has 1 amide bonds. The molecule has 0 radical (unpaired) electrons. The number of hydrogen-bond acceptors (Lipinski definition) is 4. The number of nitrogens with one attached hydrogen (secondary N) is 2. The highest BCUT2D eigenvalue weighted by atomic mass is 35.5. The van der Waals surface area contributed by atoms with Gasteiger partial charge in [0.25, 0.3) is 0 Å². The molecule has 0 atom stereocenters. The van der Waals surface area contributed by atoms with E-state index in [9.17, 15) is 9.59 Å². The third-order valence-electron chi connectivity index (χ3n) is 3.42. The molecule has 0 aromatic heterocycles. The normalized spacial score (nSPS) is 10.1. The van der Waals surface area contributed by atoms with E-state index in [1.165, 1.54) is 7.11 Å². The maximum absolute atomic E-state index is 12.0. The van der Waals surface area contributed by atoms with Crippen LogP contribution < -0.4 is 10.6 Å². The zero-order valence-corrected chi connectivity index (χ0v) is 14.3. The van der Waals surface area contributed by atoms with E-state index in [2.05, 4.69) is 15.4 Å². The molecule has 0 spiro atoms. The average Bonchev–Trinajstić information content (AvgIpc) is 2.57. The van der Waals surface area contributed by atoms with Gasteiger partial charge in [0.15, 0.2) is 0 Å². The minimum Gasteiger partial charge on any atom is -0.465 e. The molecule has 0 heterocycles. The topological polar surface area (TPSA) is 67.4 Å². The second kappa shape index (κ2) is 8.36. The van der Waals surface area contributed by atoms with E-state index < -0.39 is 5.97 Å². The molecular weight excluding hydrogens is 328 g/mol. The van der Waals surface area contributed by atoms with Crippen LogP contribution in [0.3, 0.4) is 0 Å². The molecule has 2 rings (SSSR count). The molecule has 5 nitrogen and oxygen atoms in total. The number of ether oxygens (including phenoxy) is 1. The van der Waals surface area contributed by atoms with E-state index in [0.29, 0.717) is 22.8 Å². The number of rotatable bonds is 6. The van der Waals surface area contributed by atoms with Crippen molar-refractivity contribution in [3.8, 4) is 0 Å². The Hall–Kier alpha value is -2.53. The molecule has 2 aromatic carbocycles. The summed E-state index contributed by atoms with van der Waals surface area (Å²) in [6.45, 7) is 2.34. The first-order valence-electron chi connectivity index (χ1n) is 7.48. The number of esters is 1. The number of halogens is 1. The van der Waals surface area contributed by atoms with Crippen LogP contribution in [-0.2, 0) is 9.53 Å². The Morgan fingerprint density at radius 2 is 1.92 bits per heavy atom. The van der Waals surface area contributed by atoms with Gasteiger partial charge in [0.05, 0.1) is 12.7 Å². The monoisotopic (exact) mass is 346 g/mol. The fourth-order valence-electron chi connectivity index (χ4n) is 2.09. The van der Waals surface area contributed by atoms with Crippen LogP contribution in [0, 0.1) is 6.92 Å². The summed E-state index contributed by atoms with van der Waals surface area (Å²) in [7, 11) is 1.34. The highest BCUT2D eigenvalue weighted by Gasteiger charge is 2.07. The second-order valence-electron chi connectivity index (χ2n) is 5.26. The first-order valence-corrected chi connectivity index (χ1v) is 7.85. The number of benzene rings is 2. The van der Waals surface area contributed by atoms with Gasteiger partial charge in [-0.1, -0.05) is 23.7 Å². The molecule has 24 heavy (non-hydrogen) atoms. The molecule has 2 N–H and O–H groups in total. The molecule has 0 bridgehead atoms. The van der Waals surface area contributed by atoms with Crippen molar-refractivity contribution in [1.29, 1.82) is 0 Å². The molecule has 0 unspecified atom stereocenters. The van der Waals surface area contributed by atoms with Crippen LogP contribution in [0.1, 0.15) is 22.3 Å². The molecular formula is C18H19ClN2O3. The first-order chi connectivity index (χ1) is 11.5. The number of amides is 1. The lowest BCUT2D eigenvalue weighted by Crippen LogP contribution is -2.16. The smallest absolute Gasteiger partial charge is 0.337 e. The van der Waals surface area contributed by atoms with Crippen LogP contribution in [0.4, 0.5) is 11.4 Å². The summed E-state index contributed by atoms with van der Waals surface area (Å²) in [5.41, 5.74) is 2.84. The van der Waals surface area contributed by atoms with Gasteiger partial charge in [-0.25, -0.2) is 4.79 Å². The Balaban J connectivity index is 1.84. The van der Waals surface area contributed by atoms with Crippen LogP contribution in [-0.4, -0.2) is 25.5 Å². The molecule has 0 aliphatic carbocycles. The Morgan fingerprint density at radius 1 is 1.12 bits per heavy atom. The summed E-state index contributed by atoms with van der Waals surface area (Å²) in [5.74, 6) is -0.515. The molecule has 6 heteroatoms. The number of anilines is 2. The minimum atomic E-state index is -0.396. The summed E-state index contributed by atoms with van der Waals surface area (Å²) < 4.78 is 4.68. The van der Waals surface area contributed by atoms with Crippen molar-refractivity contribution >= 4 is 34.9 Å². The van der Waals surface area contributed by atoms with Gasteiger partial charge in [0.1, 0.15) is 0 Å². The van der Waals surface area contributed by atoms with Gasteiger partial charge in [-0.2, -0.15) is 0 Å². The largest absolute Gasteiger partial charge is 0.465 e. The zero-order chi connectivity index (χ0) is 17.5. The average molecular weight is 347 g/mol. The maximum Gasteiger partial charge on any atom is 0.337 e. The van der Waals surface area contributed by atoms with E-state index in [1.807, 2.05) is 25.1 Å². The van der Waals surface area contributed by atoms with Gasteiger partial charge in [-0.3, -0.25) is 4.79 Å². The Bertz CT molecular complexity index is 747. The van der Waals surface area contributed by atoms with Crippen molar-refractivity contribution in [3.05, 3.63) is 58.6 Å². The summed E-state index contributed by atoms with van der Waals surface area (Å²) in [6.07, 6.45) is 0.286. The van der Waals surface area contributed by atoms with Gasteiger partial charge in [0.2, 0.25) is 5.91 Å². The number of methoxy groups -OCH3 is 1. The predicted molar refractivity (Wildman–Crippen MR) is 95.7 cm³/mol. The summed E-state index contributed by atoms with van der Waals surface area (Å²) in [4.78, 5) is 23.4. The highest BCUT2D eigenvalue weighted by molar-refractivity contribution is 6.31. The molecule has 0 saturated carbocycles. The van der Waals surface area contributed by atoms with Crippen LogP contribution in [0.2, 0.25) is 5.02 Å². The predicted octanol–water partition coefficient (Wildman–Crippen LogP) is 3.88. The molecule has 0 aliphatic heterocycles. The third-order valence-corrected chi connectivity index (χ3v) is 3.83. The van der Waals surface area contributed by atoms with Crippen molar-refractivity contribution in [3.63, 3.8) is 0 Å². The Kier molecular flexibility index (Phi) is 6.21. The van der Waals surface area contributed by atoms with Gasteiger partial charge in [0, 0.05) is 29.4 Å². The van der Waals surface area contributed by atoms with Crippen molar-refractivity contribution in [2.75, 3.05) is 24.3 Å². The number of hydrogen-bond donors (Lipinski definition) is 2. The highest BCUT2D eigenvalue weighted by Crippen LogP contribution is 2.20. The van der Waals surface area contributed by atoms with E-state index >= 15 is 0 Å². The fraction of sp³-hybridized carbons (Fsp3) is 0.222. The molecule has 0 fully saturated rings. The first kappa shape index (κ1) is 17.8. The number of aryl methyl sites for hydroxylation is 1. The fourth-order valence-corrected chi connectivity index (χ4v) is 2.27. The van der Waals surface area contributed by atoms with Crippen LogP contribution >= 0.6 is 11.6 Å². The Labute approximate surface area is 146 Å². The van der Waals surface area contributed by atoms with Gasteiger partial charge in [-0.15, -0.1) is 0 Å². The van der Waals surface area contributed by atoms with Gasteiger partial charge < -0.3 is 15.4 Å². The lowest BCUT2D eigenvalue weighted by Gasteiger charge is -2.09. The molecule has 0 aliphatic rings. The molecule has 0 saturated heterocycles. The summed E-state index contributed by atoms with van der Waals surface area (Å²) in [5, 5.41) is 6.52. The van der Waals surface area contributed by atoms with Gasteiger partial charge >= 0.3 is 5.97 Å². The number of carbonyl (C=O) groups is 2. The minimum absolute atomic E-state index is 0.119. The van der Waals surface area contributed by atoms with E-state index in [-0.39, 0.29) is 12.3 Å². The number of carbonyl (C=O) groups excluding carboxylic acids is 2. The quantitative estimate of drug-likeness (QED) is 0.779. The van der Waals surface area contributed by atoms with Crippen molar-refractivity contribution in [2.45, 2.75) is 13.3 Å². The standard InChI is InChI=1S/C18H19ClN2O3/c1-12-6-7-15(11-16(12)19)21-17(22)8-9-20-14-5-3-4-13(10-14)18(23)24-2/h3-7,10-11,20H,8-9H2,1-2H3,(H,21,22). The SMILES string of the molecule is COC(=O)c1cccc(NCCC(=O)Nc2ccc(C)c(Cl)c2)c1.